The third-order valence-corrected chi connectivity index (χ3v) is 3.29. The molecule has 0 spiro atoms. The van der Waals surface area contributed by atoms with Gasteiger partial charge in [-0.3, -0.25) is 4.79 Å². The minimum absolute atomic E-state index is 0.0142. The molecule has 0 bridgehead atoms. The van der Waals surface area contributed by atoms with Gasteiger partial charge in [0.05, 0.1) is 10.7 Å². The Hall–Kier alpha value is -0.940. The lowest BCUT2D eigenvalue weighted by atomic mass is 10.1. The van der Waals surface area contributed by atoms with E-state index in [9.17, 15) is 4.79 Å². The van der Waals surface area contributed by atoms with Gasteiger partial charge in [0, 0.05) is 6.54 Å². The molecule has 0 atom stereocenters. The highest BCUT2D eigenvalue weighted by atomic mass is 32.1. The van der Waals surface area contributed by atoms with Crippen LogP contribution in [0.1, 0.15) is 40.6 Å². The van der Waals surface area contributed by atoms with E-state index < -0.39 is 0 Å². The average molecular weight is 255 g/mol. The molecule has 4 nitrogen and oxygen atoms in total. The van der Waals surface area contributed by atoms with Crippen LogP contribution in [0.3, 0.4) is 0 Å². The molecule has 0 saturated heterocycles. The summed E-state index contributed by atoms with van der Waals surface area (Å²) in [6, 6.07) is 0. The smallest absolute Gasteiger partial charge is 0.263 e. The summed E-state index contributed by atoms with van der Waals surface area (Å²) in [5, 5.41) is 3.83. The van der Waals surface area contributed by atoms with Gasteiger partial charge in [0.2, 0.25) is 0 Å². The molecule has 3 N–H and O–H groups in total. The SMILES string of the molecule is Cc1nc(CC(C)C)c(C(=O)NCCCN)s1. The fourth-order valence-electron chi connectivity index (χ4n) is 1.56. The number of hydrogen-bond donors (Lipinski definition) is 2. The number of rotatable bonds is 6. The van der Waals surface area contributed by atoms with Crippen molar-refractivity contribution in [3.05, 3.63) is 15.6 Å². The molecule has 1 aromatic rings. The molecule has 0 saturated carbocycles. The Morgan fingerprint density at radius 1 is 1.53 bits per heavy atom. The van der Waals surface area contributed by atoms with Crippen LogP contribution in [0, 0.1) is 12.8 Å². The number of amides is 1. The average Bonchev–Trinajstić information content (AvgIpc) is 2.58. The molecule has 1 rings (SSSR count). The van der Waals surface area contributed by atoms with E-state index in [2.05, 4.69) is 24.1 Å². The number of nitrogens with one attached hydrogen (secondary N) is 1. The molecule has 1 heterocycles. The van der Waals surface area contributed by atoms with Crippen molar-refractivity contribution in [2.45, 2.75) is 33.6 Å². The van der Waals surface area contributed by atoms with E-state index in [-0.39, 0.29) is 5.91 Å². The summed E-state index contributed by atoms with van der Waals surface area (Å²) in [7, 11) is 0. The van der Waals surface area contributed by atoms with E-state index in [1.165, 1.54) is 11.3 Å². The molecule has 5 heteroatoms. The summed E-state index contributed by atoms with van der Waals surface area (Å²) in [6.45, 7) is 7.43. The third kappa shape index (κ3) is 4.44. The van der Waals surface area contributed by atoms with Gasteiger partial charge in [-0.1, -0.05) is 13.8 Å². The van der Waals surface area contributed by atoms with E-state index in [4.69, 9.17) is 5.73 Å². The highest BCUT2D eigenvalue weighted by molar-refractivity contribution is 7.13. The summed E-state index contributed by atoms with van der Waals surface area (Å²) < 4.78 is 0. The largest absolute Gasteiger partial charge is 0.351 e. The van der Waals surface area contributed by atoms with Gasteiger partial charge in [-0.05, 0) is 32.2 Å². The van der Waals surface area contributed by atoms with E-state index in [1.54, 1.807) is 0 Å². The molecule has 96 valence electrons. The lowest BCUT2D eigenvalue weighted by Gasteiger charge is -2.06. The number of nitrogens with two attached hydrogens (primary N) is 1. The Morgan fingerprint density at radius 3 is 2.82 bits per heavy atom. The molecule has 0 aliphatic carbocycles. The van der Waals surface area contributed by atoms with Crippen LogP contribution in [0.15, 0.2) is 0 Å². The summed E-state index contributed by atoms with van der Waals surface area (Å²) in [6.07, 6.45) is 1.66. The zero-order chi connectivity index (χ0) is 12.8. The van der Waals surface area contributed by atoms with Crippen LogP contribution in [0.25, 0.3) is 0 Å². The zero-order valence-electron chi connectivity index (χ0n) is 10.7. The predicted molar refractivity (Wildman–Crippen MR) is 71.4 cm³/mol. The number of thiazole rings is 1. The first kappa shape index (κ1) is 14.1. The van der Waals surface area contributed by atoms with E-state index in [0.717, 1.165) is 28.4 Å². The van der Waals surface area contributed by atoms with E-state index in [1.807, 2.05) is 6.92 Å². The Kier molecular flexibility index (Phi) is 5.58. The van der Waals surface area contributed by atoms with Gasteiger partial charge in [0.15, 0.2) is 0 Å². The maximum absolute atomic E-state index is 12.0. The molecule has 0 aliphatic heterocycles. The normalized spacial score (nSPS) is 10.9. The number of carbonyl (C=O) groups is 1. The van der Waals surface area contributed by atoms with Crippen LogP contribution < -0.4 is 11.1 Å². The molecule has 1 aromatic heterocycles. The van der Waals surface area contributed by atoms with Gasteiger partial charge in [-0.15, -0.1) is 11.3 Å². The zero-order valence-corrected chi connectivity index (χ0v) is 11.6. The summed E-state index contributed by atoms with van der Waals surface area (Å²) >= 11 is 1.47. The monoisotopic (exact) mass is 255 g/mol. The van der Waals surface area contributed by atoms with Crippen LogP contribution in [-0.4, -0.2) is 24.0 Å². The van der Waals surface area contributed by atoms with Gasteiger partial charge < -0.3 is 11.1 Å². The maximum Gasteiger partial charge on any atom is 0.263 e. The fourth-order valence-corrected chi connectivity index (χ4v) is 2.42. The number of hydrogen-bond acceptors (Lipinski definition) is 4. The van der Waals surface area contributed by atoms with Gasteiger partial charge in [-0.2, -0.15) is 0 Å². The second-order valence-electron chi connectivity index (χ2n) is 4.50. The quantitative estimate of drug-likeness (QED) is 0.761. The maximum atomic E-state index is 12.0. The predicted octanol–water partition coefficient (Wildman–Crippen LogP) is 1.73. The fraction of sp³-hybridized carbons (Fsp3) is 0.667. The number of aryl methyl sites for hydroxylation is 1. The standard InChI is InChI=1S/C12H21N3OS/c1-8(2)7-10-11(17-9(3)15-10)12(16)14-6-4-5-13/h8H,4-7,13H2,1-3H3,(H,14,16). The number of carbonyl (C=O) groups excluding carboxylic acids is 1. The topological polar surface area (TPSA) is 68.0 Å². The molecule has 0 aliphatic rings. The molecular formula is C12H21N3OS. The summed E-state index contributed by atoms with van der Waals surface area (Å²) in [4.78, 5) is 17.1. The van der Waals surface area contributed by atoms with Crippen LogP contribution >= 0.6 is 11.3 Å². The summed E-state index contributed by atoms with van der Waals surface area (Å²) in [5.41, 5.74) is 6.32. The number of aromatic nitrogens is 1. The Balaban J connectivity index is 2.70. The van der Waals surface area contributed by atoms with Crippen LogP contribution in [0.5, 0.6) is 0 Å². The molecule has 17 heavy (non-hydrogen) atoms. The Labute approximate surface area is 107 Å². The Bertz CT molecular complexity index is 374. The van der Waals surface area contributed by atoms with Gasteiger partial charge >= 0.3 is 0 Å². The van der Waals surface area contributed by atoms with Crippen molar-refractivity contribution in [2.75, 3.05) is 13.1 Å². The minimum atomic E-state index is -0.0142. The van der Waals surface area contributed by atoms with Crippen molar-refractivity contribution in [3.63, 3.8) is 0 Å². The Morgan fingerprint density at radius 2 is 2.24 bits per heavy atom. The van der Waals surface area contributed by atoms with Crippen molar-refractivity contribution in [1.29, 1.82) is 0 Å². The van der Waals surface area contributed by atoms with Gasteiger partial charge in [-0.25, -0.2) is 4.98 Å². The van der Waals surface area contributed by atoms with Crippen molar-refractivity contribution in [2.24, 2.45) is 11.7 Å². The van der Waals surface area contributed by atoms with Gasteiger partial charge in [0.1, 0.15) is 4.88 Å². The highest BCUT2D eigenvalue weighted by Crippen LogP contribution is 2.20. The van der Waals surface area contributed by atoms with E-state index >= 15 is 0 Å². The van der Waals surface area contributed by atoms with Crippen molar-refractivity contribution >= 4 is 17.2 Å². The first-order valence-corrected chi connectivity index (χ1v) is 6.80. The minimum Gasteiger partial charge on any atom is -0.351 e. The molecule has 1 amide bonds. The van der Waals surface area contributed by atoms with Gasteiger partial charge in [0.25, 0.3) is 5.91 Å². The van der Waals surface area contributed by atoms with Crippen LogP contribution in [-0.2, 0) is 6.42 Å². The molecular weight excluding hydrogens is 234 g/mol. The second-order valence-corrected chi connectivity index (χ2v) is 5.71. The second kappa shape index (κ2) is 6.71. The summed E-state index contributed by atoms with van der Waals surface area (Å²) in [5.74, 6) is 0.492. The lowest BCUT2D eigenvalue weighted by molar-refractivity contribution is 0.0956. The number of nitrogens with zero attached hydrogens (tertiary/aromatic N) is 1. The molecule has 0 fully saturated rings. The van der Waals surface area contributed by atoms with Crippen LogP contribution in [0.2, 0.25) is 0 Å². The third-order valence-electron chi connectivity index (χ3n) is 2.28. The molecule has 0 unspecified atom stereocenters. The highest BCUT2D eigenvalue weighted by Gasteiger charge is 2.16. The molecule has 0 aromatic carbocycles. The first-order valence-electron chi connectivity index (χ1n) is 5.99. The molecule has 0 radical (unpaired) electrons. The van der Waals surface area contributed by atoms with Crippen LogP contribution in [0.4, 0.5) is 0 Å². The first-order chi connectivity index (χ1) is 8.04. The van der Waals surface area contributed by atoms with Crippen molar-refractivity contribution < 1.29 is 4.79 Å². The van der Waals surface area contributed by atoms with Crippen molar-refractivity contribution in [1.82, 2.24) is 10.3 Å². The van der Waals surface area contributed by atoms with E-state index in [0.29, 0.717) is 19.0 Å². The lowest BCUT2D eigenvalue weighted by Crippen LogP contribution is -2.26. The van der Waals surface area contributed by atoms with Crippen molar-refractivity contribution in [3.8, 4) is 0 Å².